The number of amides is 1. The molecule has 2 aliphatic rings. The van der Waals surface area contributed by atoms with Gasteiger partial charge in [0.2, 0.25) is 5.91 Å². The van der Waals surface area contributed by atoms with Crippen LogP contribution in [0.25, 0.3) is 0 Å². The molecule has 5 heteroatoms. The van der Waals surface area contributed by atoms with Crippen LogP contribution in [0, 0.1) is 0 Å². The highest BCUT2D eigenvalue weighted by Crippen LogP contribution is 2.26. The first-order valence-corrected chi connectivity index (χ1v) is 10.2. The molecule has 1 heterocycles. The van der Waals surface area contributed by atoms with Gasteiger partial charge in [0.15, 0.2) is 0 Å². The van der Waals surface area contributed by atoms with E-state index in [-0.39, 0.29) is 11.9 Å². The standard InChI is InChI=1S/C21H30ClN3O/c1-17(21(26)23-12-11-18-7-3-2-4-8-18)24-13-15-25(16-14-24)20-10-6-5-9-19(20)22/h5-7,9-10,17H,2-4,8,11-16H2,1H3,(H,23,26)/t17-/m1/s1. The topological polar surface area (TPSA) is 35.6 Å². The van der Waals surface area contributed by atoms with Crippen LogP contribution in [0.4, 0.5) is 5.69 Å². The van der Waals surface area contributed by atoms with E-state index in [1.165, 1.54) is 31.3 Å². The van der Waals surface area contributed by atoms with Crippen molar-refractivity contribution in [2.45, 2.75) is 45.1 Å². The molecule has 1 fully saturated rings. The van der Waals surface area contributed by atoms with E-state index in [0.717, 1.165) is 49.9 Å². The molecule has 0 bridgehead atoms. The molecule has 0 radical (unpaired) electrons. The van der Waals surface area contributed by atoms with Gasteiger partial charge in [0.05, 0.1) is 16.8 Å². The number of para-hydroxylation sites is 1. The van der Waals surface area contributed by atoms with E-state index in [2.05, 4.69) is 27.3 Å². The van der Waals surface area contributed by atoms with Crippen molar-refractivity contribution in [2.75, 3.05) is 37.6 Å². The van der Waals surface area contributed by atoms with E-state index in [9.17, 15) is 4.79 Å². The molecular formula is C21H30ClN3O. The van der Waals surface area contributed by atoms with Gasteiger partial charge in [-0.1, -0.05) is 35.4 Å². The predicted octanol–water partition coefficient (Wildman–Crippen LogP) is 3.86. The molecule has 1 N–H and O–H groups in total. The number of nitrogens with one attached hydrogen (secondary N) is 1. The van der Waals surface area contributed by atoms with Crippen LogP contribution in [0.3, 0.4) is 0 Å². The maximum absolute atomic E-state index is 12.5. The second-order valence-corrected chi connectivity index (χ2v) is 7.71. The van der Waals surface area contributed by atoms with Crippen LogP contribution in [0.1, 0.15) is 39.0 Å². The first-order chi connectivity index (χ1) is 12.6. The molecule has 4 nitrogen and oxygen atoms in total. The number of allylic oxidation sites excluding steroid dienone is 1. The van der Waals surface area contributed by atoms with Crippen molar-refractivity contribution in [3.63, 3.8) is 0 Å². The summed E-state index contributed by atoms with van der Waals surface area (Å²) in [6.45, 7) is 6.33. The Bertz CT molecular complexity index is 638. The molecule has 0 unspecified atom stereocenters. The molecule has 1 aliphatic carbocycles. The van der Waals surface area contributed by atoms with Gasteiger partial charge in [-0.15, -0.1) is 0 Å². The lowest BCUT2D eigenvalue weighted by Gasteiger charge is -2.38. The fourth-order valence-corrected chi connectivity index (χ4v) is 4.11. The molecule has 26 heavy (non-hydrogen) atoms. The zero-order chi connectivity index (χ0) is 18.4. The number of benzene rings is 1. The van der Waals surface area contributed by atoms with E-state index in [1.54, 1.807) is 0 Å². The fraction of sp³-hybridized carbons (Fsp3) is 0.571. The summed E-state index contributed by atoms with van der Waals surface area (Å²) in [5, 5.41) is 3.92. The maximum Gasteiger partial charge on any atom is 0.237 e. The van der Waals surface area contributed by atoms with Crippen LogP contribution >= 0.6 is 11.6 Å². The molecule has 1 aromatic rings. The molecule has 1 aromatic carbocycles. The highest BCUT2D eigenvalue weighted by molar-refractivity contribution is 6.33. The summed E-state index contributed by atoms with van der Waals surface area (Å²) < 4.78 is 0. The summed E-state index contributed by atoms with van der Waals surface area (Å²) in [5.74, 6) is 0.146. The number of hydrogen-bond acceptors (Lipinski definition) is 3. The van der Waals surface area contributed by atoms with Crippen molar-refractivity contribution in [3.8, 4) is 0 Å². The zero-order valence-electron chi connectivity index (χ0n) is 15.7. The van der Waals surface area contributed by atoms with Crippen molar-refractivity contribution in [3.05, 3.63) is 40.9 Å². The first kappa shape index (κ1) is 19.2. The van der Waals surface area contributed by atoms with E-state index in [4.69, 9.17) is 11.6 Å². The number of carbonyl (C=O) groups is 1. The highest BCUT2D eigenvalue weighted by atomic mass is 35.5. The second kappa shape index (κ2) is 9.43. The van der Waals surface area contributed by atoms with Crippen molar-refractivity contribution >= 4 is 23.2 Å². The maximum atomic E-state index is 12.5. The molecule has 3 rings (SSSR count). The van der Waals surface area contributed by atoms with Gasteiger partial charge >= 0.3 is 0 Å². The molecule has 0 spiro atoms. The second-order valence-electron chi connectivity index (χ2n) is 7.30. The average Bonchev–Trinajstić information content (AvgIpc) is 2.69. The number of halogens is 1. The third kappa shape index (κ3) is 5.01. The smallest absolute Gasteiger partial charge is 0.237 e. The summed E-state index contributed by atoms with van der Waals surface area (Å²) in [4.78, 5) is 17.1. The van der Waals surface area contributed by atoms with Gasteiger partial charge in [-0.05, 0) is 51.2 Å². The predicted molar refractivity (Wildman–Crippen MR) is 109 cm³/mol. The van der Waals surface area contributed by atoms with E-state index >= 15 is 0 Å². The lowest BCUT2D eigenvalue weighted by atomic mass is 9.97. The summed E-state index contributed by atoms with van der Waals surface area (Å²) in [5.41, 5.74) is 2.60. The lowest BCUT2D eigenvalue weighted by Crippen LogP contribution is -2.54. The summed E-state index contributed by atoms with van der Waals surface area (Å²) in [6.07, 6.45) is 8.37. The monoisotopic (exact) mass is 375 g/mol. The van der Waals surface area contributed by atoms with Crippen LogP contribution < -0.4 is 10.2 Å². The Morgan fingerprint density at radius 2 is 1.96 bits per heavy atom. The van der Waals surface area contributed by atoms with Crippen LogP contribution in [0.15, 0.2) is 35.9 Å². The van der Waals surface area contributed by atoms with Gasteiger partial charge in [-0.3, -0.25) is 9.69 Å². The minimum Gasteiger partial charge on any atom is -0.368 e. The summed E-state index contributed by atoms with van der Waals surface area (Å²) in [7, 11) is 0. The van der Waals surface area contributed by atoms with Crippen LogP contribution in [-0.2, 0) is 4.79 Å². The van der Waals surface area contributed by atoms with Gasteiger partial charge in [0.25, 0.3) is 0 Å². The summed E-state index contributed by atoms with van der Waals surface area (Å²) >= 11 is 6.30. The quantitative estimate of drug-likeness (QED) is 0.767. The van der Waals surface area contributed by atoms with Crippen LogP contribution in [0.2, 0.25) is 5.02 Å². The minimum atomic E-state index is -0.0799. The molecule has 1 aliphatic heterocycles. The number of anilines is 1. The highest BCUT2D eigenvalue weighted by Gasteiger charge is 2.26. The van der Waals surface area contributed by atoms with Gasteiger partial charge in [-0.25, -0.2) is 0 Å². The largest absolute Gasteiger partial charge is 0.368 e. The number of rotatable bonds is 6. The molecular weight excluding hydrogens is 346 g/mol. The Balaban J connectivity index is 1.42. The molecule has 0 aromatic heterocycles. The summed E-state index contributed by atoms with van der Waals surface area (Å²) in [6, 6.07) is 7.89. The average molecular weight is 376 g/mol. The normalized spacial score (nSPS) is 19.8. The van der Waals surface area contributed by atoms with Gasteiger partial charge in [-0.2, -0.15) is 0 Å². The van der Waals surface area contributed by atoms with Crippen LogP contribution in [0.5, 0.6) is 0 Å². The Kier molecular flexibility index (Phi) is 6.98. The van der Waals surface area contributed by atoms with Gasteiger partial charge < -0.3 is 10.2 Å². The molecule has 0 saturated carbocycles. The van der Waals surface area contributed by atoms with Gasteiger partial charge in [0.1, 0.15) is 0 Å². The molecule has 142 valence electrons. The third-order valence-electron chi connectivity index (χ3n) is 5.56. The number of piperazine rings is 1. The lowest BCUT2D eigenvalue weighted by molar-refractivity contribution is -0.125. The van der Waals surface area contributed by atoms with Crippen molar-refractivity contribution in [1.29, 1.82) is 0 Å². The zero-order valence-corrected chi connectivity index (χ0v) is 16.5. The van der Waals surface area contributed by atoms with Crippen LogP contribution in [-0.4, -0.2) is 49.6 Å². The Morgan fingerprint density at radius 3 is 2.65 bits per heavy atom. The first-order valence-electron chi connectivity index (χ1n) is 9.84. The van der Waals surface area contributed by atoms with Crippen molar-refractivity contribution < 1.29 is 4.79 Å². The van der Waals surface area contributed by atoms with Crippen molar-refractivity contribution in [1.82, 2.24) is 10.2 Å². The molecule has 1 saturated heterocycles. The van der Waals surface area contributed by atoms with E-state index in [1.807, 2.05) is 25.1 Å². The van der Waals surface area contributed by atoms with Crippen molar-refractivity contribution in [2.24, 2.45) is 0 Å². The SMILES string of the molecule is C[C@H](C(=O)NCCC1=CCCCC1)N1CCN(c2ccccc2Cl)CC1. The minimum absolute atomic E-state index is 0.0799. The number of hydrogen-bond donors (Lipinski definition) is 1. The van der Waals surface area contributed by atoms with E-state index < -0.39 is 0 Å². The number of carbonyl (C=O) groups excluding carboxylic acids is 1. The molecule has 1 atom stereocenters. The molecule has 1 amide bonds. The third-order valence-corrected chi connectivity index (χ3v) is 5.88. The Hall–Kier alpha value is -1.52. The number of nitrogens with zero attached hydrogens (tertiary/aromatic N) is 2. The Labute approximate surface area is 162 Å². The van der Waals surface area contributed by atoms with Gasteiger partial charge in [0, 0.05) is 32.7 Å². The fourth-order valence-electron chi connectivity index (χ4n) is 3.85. The Morgan fingerprint density at radius 1 is 1.19 bits per heavy atom. The van der Waals surface area contributed by atoms with E-state index in [0.29, 0.717) is 0 Å².